The third-order valence-electron chi connectivity index (χ3n) is 3.77. The molecule has 1 heterocycles. The van der Waals surface area contributed by atoms with Gasteiger partial charge in [-0.15, -0.1) is 0 Å². The second-order valence-electron chi connectivity index (χ2n) is 6.90. The van der Waals surface area contributed by atoms with Gasteiger partial charge in [0.15, 0.2) is 0 Å². The zero-order chi connectivity index (χ0) is 14.4. The minimum Gasteiger partial charge on any atom is -0.462 e. The third kappa shape index (κ3) is 5.68. The van der Waals surface area contributed by atoms with E-state index in [2.05, 4.69) is 26.1 Å². The molecule has 20 heavy (non-hydrogen) atoms. The molecule has 0 spiro atoms. The van der Waals surface area contributed by atoms with Crippen molar-refractivity contribution in [3.05, 3.63) is 23.7 Å². The Balaban J connectivity index is 1.74. The maximum absolute atomic E-state index is 5.99. The number of furan rings is 1. The van der Waals surface area contributed by atoms with Crippen LogP contribution >= 0.6 is 0 Å². The molecular weight excluding hydrogens is 250 g/mol. The molecule has 2 rings (SSSR count). The molecule has 1 aliphatic carbocycles. The van der Waals surface area contributed by atoms with Gasteiger partial charge in [-0.25, -0.2) is 0 Å². The monoisotopic (exact) mass is 279 g/mol. The van der Waals surface area contributed by atoms with Gasteiger partial charge in [0.05, 0.1) is 12.6 Å². The molecule has 3 heteroatoms. The van der Waals surface area contributed by atoms with Crippen LogP contribution in [0.5, 0.6) is 0 Å². The van der Waals surface area contributed by atoms with Crippen molar-refractivity contribution in [1.29, 1.82) is 0 Å². The van der Waals surface area contributed by atoms with Crippen LogP contribution in [0.25, 0.3) is 0 Å². The van der Waals surface area contributed by atoms with Gasteiger partial charge in [-0.05, 0) is 45.7 Å². The Bertz CT molecular complexity index is 384. The summed E-state index contributed by atoms with van der Waals surface area (Å²) in [5.74, 6) is 1.93. The highest BCUT2D eigenvalue weighted by Crippen LogP contribution is 2.21. The Morgan fingerprint density at radius 3 is 2.40 bits per heavy atom. The smallest absolute Gasteiger partial charge is 0.129 e. The molecule has 0 aliphatic heterocycles. The van der Waals surface area contributed by atoms with Crippen molar-refractivity contribution in [2.24, 2.45) is 0 Å². The van der Waals surface area contributed by atoms with Crippen LogP contribution in [0, 0.1) is 0 Å². The molecule has 0 unspecified atom stereocenters. The number of hydrogen-bond acceptors (Lipinski definition) is 3. The molecule has 0 aromatic carbocycles. The summed E-state index contributed by atoms with van der Waals surface area (Å²) < 4.78 is 11.8. The van der Waals surface area contributed by atoms with Crippen LogP contribution in [-0.2, 0) is 17.9 Å². The van der Waals surface area contributed by atoms with E-state index in [9.17, 15) is 0 Å². The second kappa shape index (κ2) is 7.28. The van der Waals surface area contributed by atoms with Gasteiger partial charge in [-0.2, -0.15) is 0 Å². The highest BCUT2D eigenvalue weighted by molar-refractivity contribution is 5.06. The fourth-order valence-corrected chi connectivity index (χ4v) is 2.56. The number of ether oxygens (including phenoxy) is 1. The summed E-state index contributed by atoms with van der Waals surface area (Å²) in [4.78, 5) is 0. The molecule has 1 saturated carbocycles. The molecule has 1 aromatic heterocycles. The van der Waals surface area contributed by atoms with Crippen LogP contribution in [0.15, 0.2) is 16.5 Å². The van der Waals surface area contributed by atoms with Crippen LogP contribution in [0.4, 0.5) is 0 Å². The molecule has 114 valence electrons. The molecule has 0 saturated heterocycles. The van der Waals surface area contributed by atoms with Crippen LogP contribution in [-0.4, -0.2) is 11.6 Å². The topological polar surface area (TPSA) is 34.4 Å². The zero-order valence-corrected chi connectivity index (χ0v) is 13.2. The molecule has 1 aliphatic rings. The second-order valence-corrected chi connectivity index (χ2v) is 6.90. The number of hydrogen-bond donors (Lipinski definition) is 1. The van der Waals surface area contributed by atoms with Crippen molar-refractivity contribution in [2.75, 3.05) is 0 Å². The van der Waals surface area contributed by atoms with E-state index in [0.717, 1.165) is 18.1 Å². The van der Waals surface area contributed by atoms with E-state index < -0.39 is 0 Å². The fourth-order valence-electron chi connectivity index (χ4n) is 2.56. The van der Waals surface area contributed by atoms with E-state index in [-0.39, 0.29) is 5.54 Å². The summed E-state index contributed by atoms with van der Waals surface area (Å²) in [7, 11) is 0. The van der Waals surface area contributed by atoms with Gasteiger partial charge in [0.2, 0.25) is 0 Å². The van der Waals surface area contributed by atoms with Crippen molar-refractivity contribution >= 4 is 0 Å². The summed E-state index contributed by atoms with van der Waals surface area (Å²) >= 11 is 0. The molecule has 1 fully saturated rings. The number of nitrogens with one attached hydrogen (secondary N) is 1. The lowest BCUT2D eigenvalue weighted by Gasteiger charge is -2.19. The minimum absolute atomic E-state index is 0.115. The van der Waals surface area contributed by atoms with Gasteiger partial charge in [-0.1, -0.05) is 25.7 Å². The highest BCUT2D eigenvalue weighted by Gasteiger charge is 2.14. The van der Waals surface area contributed by atoms with Crippen LogP contribution < -0.4 is 5.32 Å². The van der Waals surface area contributed by atoms with Gasteiger partial charge < -0.3 is 14.5 Å². The van der Waals surface area contributed by atoms with E-state index in [1.165, 1.54) is 38.5 Å². The highest BCUT2D eigenvalue weighted by atomic mass is 16.5. The first-order valence-electron chi connectivity index (χ1n) is 7.97. The lowest BCUT2D eigenvalue weighted by molar-refractivity contribution is 0.0214. The van der Waals surface area contributed by atoms with Gasteiger partial charge >= 0.3 is 0 Å². The predicted octanol–water partition coefficient (Wildman–Crippen LogP) is 4.41. The van der Waals surface area contributed by atoms with E-state index in [0.29, 0.717) is 12.7 Å². The Morgan fingerprint density at radius 2 is 1.75 bits per heavy atom. The summed E-state index contributed by atoms with van der Waals surface area (Å²) in [6.07, 6.45) is 8.19. The van der Waals surface area contributed by atoms with Crippen LogP contribution in [0.3, 0.4) is 0 Å². The van der Waals surface area contributed by atoms with Crippen molar-refractivity contribution in [3.63, 3.8) is 0 Å². The quantitative estimate of drug-likeness (QED) is 0.811. The summed E-state index contributed by atoms with van der Waals surface area (Å²) in [5.41, 5.74) is 0.115. The summed E-state index contributed by atoms with van der Waals surface area (Å²) in [6.45, 7) is 7.86. The first-order chi connectivity index (χ1) is 9.53. The fraction of sp³-hybridized carbons (Fsp3) is 0.765. The Morgan fingerprint density at radius 1 is 1.10 bits per heavy atom. The lowest BCUT2D eigenvalue weighted by Crippen LogP contribution is -2.34. The molecule has 0 atom stereocenters. The zero-order valence-electron chi connectivity index (χ0n) is 13.2. The van der Waals surface area contributed by atoms with Crippen molar-refractivity contribution in [2.45, 2.75) is 84.1 Å². The SMILES string of the molecule is CC(C)(C)NCc1ccc(COC2CCCCCC2)o1. The van der Waals surface area contributed by atoms with Gasteiger partial charge in [0.1, 0.15) is 18.1 Å². The average molecular weight is 279 g/mol. The number of rotatable bonds is 5. The summed E-state index contributed by atoms with van der Waals surface area (Å²) in [5, 5.41) is 3.43. The molecule has 1 aromatic rings. The van der Waals surface area contributed by atoms with Crippen LogP contribution in [0.2, 0.25) is 0 Å². The summed E-state index contributed by atoms with van der Waals surface area (Å²) in [6, 6.07) is 4.08. The largest absolute Gasteiger partial charge is 0.462 e. The van der Waals surface area contributed by atoms with Gasteiger partial charge in [0, 0.05) is 5.54 Å². The van der Waals surface area contributed by atoms with Crippen LogP contribution in [0.1, 0.15) is 70.8 Å². The molecule has 0 amide bonds. The van der Waals surface area contributed by atoms with Crippen molar-refractivity contribution in [1.82, 2.24) is 5.32 Å². The average Bonchev–Trinajstić information content (AvgIpc) is 2.68. The Kier molecular flexibility index (Phi) is 5.67. The predicted molar refractivity (Wildman–Crippen MR) is 81.6 cm³/mol. The molecule has 1 N–H and O–H groups in total. The van der Waals surface area contributed by atoms with E-state index in [1.54, 1.807) is 0 Å². The molecular formula is C17H29NO2. The minimum atomic E-state index is 0.115. The lowest BCUT2D eigenvalue weighted by atomic mass is 10.1. The van der Waals surface area contributed by atoms with Gasteiger partial charge in [0.25, 0.3) is 0 Å². The van der Waals surface area contributed by atoms with E-state index in [1.807, 2.05) is 12.1 Å². The maximum Gasteiger partial charge on any atom is 0.129 e. The first kappa shape index (κ1) is 15.6. The molecule has 3 nitrogen and oxygen atoms in total. The van der Waals surface area contributed by atoms with E-state index >= 15 is 0 Å². The van der Waals surface area contributed by atoms with Crippen molar-refractivity contribution in [3.8, 4) is 0 Å². The van der Waals surface area contributed by atoms with E-state index in [4.69, 9.17) is 9.15 Å². The molecule has 0 bridgehead atoms. The maximum atomic E-state index is 5.99. The standard InChI is InChI=1S/C17H29NO2/c1-17(2,3)18-12-15-10-11-16(20-15)13-19-14-8-6-4-5-7-9-14/h10-11,14,18H,4-9,12-13H2,1-3H3. The van der Waals surface area contributed by atoms with Crippen molar-refractivity contribution < 1.29 is 9.15 Å². The van der Waals surface area contributed by atoms with Gasteiger partial charge in [-0.3, -0.25) is 0 Å². The molecule has 0 radical (unpaired) electrons. The Hall–Kier alpha value is -0.800. The first-order valence-corrected chi connectivity index (χ1v) is 7.97. The third-order valence-corrected chi connectivity index (χ3v) is 3.77. The Labute approximate surface area is 123 Å². The normalized spacial score (nSPS) is 18.1.